The third-order valence-corrected chi connectivity index (χ3v) is 3.15. The number of anilines is 2. The highest BCUT2D eigenvalue weighted by atomic mass is 19.4. The highest BCUT2D eigenvalue weighted by molar-refractivity contribution is 5.45. The molecule has 10 heteroatoms. The smallest absolute Gasteiger partial charge is 0.350 e. The number of alkyl halides is 3. The van der Waals surface area contributed by atoms with Crippen LogP contribution in [0, 0.1) is 0 Å². The Morgan fingerprint density at radius 1 is 1.12 bits per heavy atom. The molecule has 7 nitrogen and oxygen atoms in total. The molecule has 0 aliphatic carbocycles. The van der Waals surface area contributed by atoms with Gasteiger partial charge in [0.05, 0.1) is 6.54 Å². The third kappa shape index (κ3) is 4.12. The van der Waals surface area contributed by atoms with E-state index < -0.39 is 11.9 Å². The molecule has 2 heterocycles. The second-order valence-electron chi connectivity index (χ2n) is 5.86. The van der Waals surface area contributed by atoms with Crippen LogP contribution in [0.15, 0.2) is 10.6 Å². The van der Waals surface area contributed by atoms with Crippen molar-refractivity contribution in [2.24, 2.45) is 0 Å². The largest absolute Gasteiger partial charge is 0.433 e. The number of hydrogen-bond donors (Lipinski definition) is 0. The van der Waals surface area contributed by atoms with Gasteiger partial charge in [0.15, 0.2) is 11.5 Å². The van der Waals surface area contributed by atoms with Gasteiger partial charge in [0.1, 0.15) is 5.82 Å². The molecule has 0 amide bonds. The molecule has 0 aliphatic rings. The number of aromatic nitrogens is 4. The first-order valence-electron chi connectivity index (χ1n) is 7.25. The number of nitrogens with zero attached hydrogens (tertiary/aromatic N) is 6. The molecule has 2 aromatic rings. The summed E-state index contributed by atoms with van der Waals surface area (Å²) < 4.78 is 44.2. The maximum atomic E-state index is 13.0. The number of hydrogen-bond acceptors (Lipinski definition) is 7. The average Bonchev–Trinajstić information content (AvgIpc) is 2.94. The van der Waals surface area contributed by atoms with Crippen molar-refractivity contribution in [2.75, 3.05) is 30.9 Å². The normalized spacial score (nSPS) is 11.9. The summed E-state index contributed by atoms with van der Waals surface area (Å²) in [5, 5.41) is 3.83. The fraction of sp³-hybridized carbons (Fsp3) is 0.571. The van der Waals surface area contributed by atoms with Crippen LogP contribution in [0.5, 0.6) is 0 Å². The lowest BCUT2D eigenvalue weighted by Gasteiger charge is -2.20. The lowest BCUT2D eigenvalue weighted by molar-refractivity contribution is -0.141. The Bertz CT molecular complexity index is 698. The Labute approximate surface area is 137 Å². The SMILES string of the molecule is CC(C)c1noc(CN(C)c2cc(C(F)(F)F)nc(N(C)C)n2)n1. The van der Waals surface area contributed by atoms with E-state index in [2.05, 4.69) is 20.1 Å². The average molecular weight is 344 g/mol. The summed E-state index contributed by atoms with van der Waals surface area (Å²) in [6.45, 7) is 3.98. The Hall–Kier alpha value is -2.39. The maximum Gasteiger partial charge on any atom is 0.433 e. The van der Waals surface area contributed by atoms with E-state index in [4.69, 9.17) is 4.52 Å². The van der Waals surface area contributed by atoms with E-state index in [0.717, 1.165) is 6.07 Å². The van der Waals surface area contributed by atoms with Gasteiger partial charge in [-0.25, -0.2) is 4.98 Å². The van der Waals surface area contributed by atoms with Crippen molar-refractivity contribution in [1.29, 1.82) is 0 Å². The van der Waals surface area contributed by atoms with Crippen molar-refractivity contribution in [3.8, 4) is 0 Å². The van der Waals surface area contributed by atoms with Crippen LogP contribution in [-0.4, -0.2) is 41.3 Å². The van der Waals surface area contributed by atoms with E-state index in [0.29, 0.717) is 11.7 Å². The predicted octanol–water partition coefficient (Wildman–Crippen LogP) is 2.70. The summed E-state index contributed by atoms with van der Waals surface area (Å²) >= 11 is 0. The molecule has 0 atom stereocenters. The Kier molecular flexibility index (Phi) is 4.95. The number of rotatable bonds is 5. The minimum Gasteiger partial charge on any atom is -0.350 e. The predicted molar refractivity (Wildman–Crippen MR) is 81.9 cm³/mol. The lowest BCUT2D eigenvalue weighted by atomic mass is 10.2. The lowest BCUT2D eigenvalue weighted by Crippen LogP contribution is -2.23. The molecule has 0 unspecified atom stereocenters. The first kappa shape index (κ1) is 18.0. The fourth-order valence-electron chi connectivity index (χ4n) is 1.81. The highest BCUT2D eigenvalue weighted by Crippen LogP contribution is 2.31. The van der Waals surface area contributed by atoms with E-state index in [9.17, 15) is 13.2 Å². The molecule has 2 aromatic heterocycles. The van der Waals surface area contributed by atoms with Gasteiger partial charge in [-0.15, -0.1) is 0 Å². The van der Waals surface area contributed by atoms with Crippen LogP contribution in [0.3, 0.4) is 0 Å². The van der Waals surface area contributed by atoms with Gasteiger partial charge < -0.3 is 14.3 Å². The second-order valence-corrected chi connectivity index (χ2v) is 5.86. The van der Waals surface area contributed by atoms with Gasteiger partial charge in [-0.1, -0.05) is 19.0 Å². The van der Waals surface area contributed by atoms with Gasteiger partial charge in [0, 0.05) is 33.1 Å². The highest BCUT2D eigenvalue weighted by Gasteiger charge is 2.34. The molecule has 0 N–H and O–H groups in total. The summed E-state index contributed by atoms with van der Waals surface area (Å²) in [4.78, 5) is 14.8. The zero-order valence-corrected chi connectivity index (χ0v) is 14.1. The van der Waals surface area contributed by atoms with Gasteiger partial charge in [0.25, 0.3) is 0 Å². The van der Waals surface area contributed by atoms with Crippen molar-refractivity contribution in [3.05, 3.63) is 23.5 Å². The molecular formula is C14H19F3N6O. The molecule has 24 heavy (non-hydrogen) atoms. The van der Waals surface area contributed by atoms with Crippen LogP contribution >= 0.6 is 0 Å². The van der Waals surface area contributed by atoms with Crippen molar-refractivity contribution in [3.63, 3.8) is 0 Å². The molecule has 0 spiro atoms. The zero-order chi connectivity index (χ0) is 18.1. The standard InChI is InChI=1S/C14H19F3N6O/c1-8(2)12-20-11(24-21-12)7-23(5)10-6-9(14(15,16)17)18-13(19-10)22(3)4/h6,8H,7H2,1-5H3. The molecule has 0 saturated carbocycles. The number of halogens is 3. The van der Waals surface area contributed by atoms with E-state index in [1.165, 1.54) is 9.80 Å². The van der Waals surface area contributed by atoms with Gasteiger partial charge in [-0.2, -0.15) is 23.1 Å². The van der Waals surface area contributed by atoms with Gasteiger partial charge in [0.2, 0.25) is 11.8 Å². The Balaban J connectivity index is 2.30. The molecule has 0 aliphatic heterocycles. The first-order valence-corrected chi connectivity index (χ1v) is 7.25. The van der Waals surface area contributed by atoms with E-state index in [1.54, 1.807) is 21.1 Å². The molecule has 132 valence electrons. The van der Waals surface area contributed by atoms with Crippen molar-refractivity contribution in [1.82, 2.24) is 20.1 Å². The van der Waals surface area contributed by atoms with Crippen molar-refractivity contribution in [2.45, 2.75) is 32.5 Å². The molecule has 0 saturated heterocycles. The van der Waals surface area contributed by atoms with Crippen LogP contribution in [-0.2, 0) is 12.7 Å². The quantitative estimate of drug-likeness (QED) is 0.826. The fourth-order valence-corrected chi connectivity index (χ4v) is 1.81. The molecular weight excluding hydrogens is 325 g/mol. The zero-order valence-electron chi connectivity index (χ0n) is 14.1. The topological polar surface area (TPSA) is 71.2 Å². The minimum atomic E-state index is -4.56. The van der Waals surface area contributed by atoms with Crippen LogP contribution < -0.4 is 9.80 Å². The Morgan fingerprint density at radius 2 is 1.79 bits per heavy atom. The van der Waals surface area contributed by atoms with E-state index >= 15 is 0 Å². The first-order chi connectivity index (χ1) is 11.1. The summed E-state index contributed by atoms with van der Waals surface area (Å²) in [5.74, 6) is 1.04. The van der Waals surface area contributed by atoms with Crippen molar-refractivity contribution >= 4 is 11.8 Å². The van der Waals surface area contributed by atoms with Gasteiger partial charge in [-0.3, -0.25) is 0 Å². The monoisotopic (exact) mass is 344 g/mol. The molecule has 0 fully saturated rings. The minimum absolute atomic E-state index is 0.0277. The van der Waals surface area contributed by atoms with Gasteiger partial charge >= 0.3 is 6.18 Å². The maximum absolute atomic E-state index is 13.0. The third-order valence-electron chi connectivity index (χ3n) is 3.15. The summed E-state index contributed by atoms with van der Waals surface area (Å²) in [7, 11) is 4.75. The summed E-state index contributed by atoms with van der Waals surface area (Å²) in [6, 6.07) is 0.896. The molecule has 0 aromatic carbocycles. The summed E-state index contributed by atoms with van der Waals surface area (Å²) in [6.07, 6.45) is -4.56. The molecule has 0 radical (unpaired) electrons. The van der Waals surface area contributed by atoms with Crippen molar-refractivity contribution < 1.29 is 17.7 Å². The molecule has 0 bridgehead atoms. The van der Waals surface area contributed by atoms with Gasteiger partial charge in [-0.05, 0) is 0 Å². The molecule has 2 rings (SSSR count). The van der Waals surface area contributed by atoms with Crippen LogP contribution in [0.2, 0.25) is 0 Å². The van der Waals surface area contributed by atoms with E-state index in [-0.39, 0.29) is 24.2 Å². The second kappa shape index (κ2) is 6.62. The summed E-state index contributed by atoms with van der Waals surface area (Å²) in [5.41, 5.74) is -1.00. The van der Waals surface area contributed by atoms with Crippen LogP contribution in [0.4, 0.5) is 24.9 Å². The van der Waals surface area contributed by atoms with E-state index in [1.807, 2.05) is 13.8 Å². The Morgan fingerprint density at radius 3 is 2.29 bits per heavy atom. The van der Waals surface area contributed by atoms with Crippen LogP contribution in [0.25, 0.3) is 0 Å². The van der Waals surface area contributed by atoms with Crippen LogP contribution in [0.1, 0.15) is 37.2 Å².